The van der Waals surface area contributed by atoms with E-state index in [1.165, 1.54) is 0 Å². The Balaban J connectivity index is 1.42. The minimum absolute atomic E-state index is 0.245. The normalized spacial score (nSPS) is 10.9. The van der Waals surface area contributed by atoms with E-state index < -0.39 is 0 Å². The van der Waals surface area contributed by atoms with Crippen LogP contribution < -0.4 is 10.1 Å². The van der Waals surface area contributed by atoms with E-state index in [1.54, 1.807) is 12.4 Å². The molecule has 0 fully saturated rings. The van der Waals surface area contributed by atoms with Gasteiger partial charge in [-0.3, -0.25) is 4.79 Å². The summed E-state index contributed by atoms with van der Waals surface area (Å²) < 4.78 is 11.3. The summed E-state index contributed by atoms with van der Waals surface area (Å²) in [4.78, 5) is 22.0. The minimum atomic E-state index is -0.310. The molecule has 34 heavy (non-hydrogen) atoms. The number of fused-ring (bicyclic) bond motifs is 1. The van der Waals surface area contributed by atoms with Crippen molar-refractivity contribution >= 4 is 22.4 Å². The standard InChI is InChI=1S/C27H22N4O3/c1-17-24(18(2)34-31-17)16-33-25-13-21-11-7-6-10-20(21)12-23(25)27(32)30-22-14-28-26(29-15-22)19-8-4-3-5-9-19/h3-15H,16H2,1-2H3,(H,30,32). The molecule has 1 N–H and O–H groups in total. The molecule has 2 heterocycles. The van der Waals surface area contributed by atoms with Crippen LogP contribution in [0, 0.1) is 13.8 Å². The molecular formula is C27H22N4O3. The smallest absolute Gasteiger partial charge is 0.259 e. The number of carbonyl (C=O) groups is 1. The van der Waals surface area contributed by atoms with Gasteiger partial charge in [-0.15, -0.1) is 0 Å². The van der Waals surface area contributed by atoms with Crippen LogP contribution in [0.25, 0.3) is 22.2 Å². The number of carbonyl (C=O) groups excluding carboxylic acids is 1. The van der Waals surface area contributed by atoms with Crippen LogP contribution in [0.1, 0.15) is 27.4 Å². The highest BCUT2D eigenvalue weighted by Gasteiger charge is 2.17. The number of amides is 1. The highest BCUT2D eigenvalue weighted by atomic mass is 16.5. The molecule has 0 saturated carbocycles. The maximum atomic E-state index is 13.3. The fraction of sp³-hybridized carbons (Fsp3) is 0.111. The second-order valence-electron chi connectivity index (χ2n) is 7.90. The Morgan fingerprint density at radius 3 is 2.29 bits per heavy atom. The third-order valence-corrected chi connectivity index (χ3v) is 5.59. The summed E-state index contributed by atoms with van der Waals surface area (Å²) in [5, 5.41) is 8.77. The summed E-state index contributed by atoms with van der Waals surface area (Å²) in [5.41, 5.74) is 3.45. The van der Waals surface area contributed by atoms with Gasteiger partial charge in [0.05, 0.1) is 34.9 Å². The van der Waals surface area contributed by atoms with Crippen molar-refractivity contribution < 1.29 is 14.1 Å². The molecule has 7 heteroatoms. The predicted octanol–water partition coefficient (Wildman–Crippen LogP) is 5.73. The number of hydrogen-bond acceptors (Lipinski definition) is 6. The monoisotopic (exact) mass is 450 g/mol. The molecule has 3 aromatic carbocycles. The Bertz CT molecular complexity index is 1440. The third-order valence-electron chi connectivity index (χ3n) is 5.59. The van der Waals surface area contributed by atoms with E-state index in [0.29, 0.717) is 28.6 Å². The molecule has 0 spiro atoms. The Kier molecular flexibility index (Phi) is 5.74. The number of anilines is 1. The fourth-order valence-corrected chi connectivity index (χ4v) is 3.70. The van der Waals surface area contributed by atoms with E-state index in [-0.39, 0.29) is 12.5 Å². The van der Waals surface area contributed by atoms with Gasteiger partial charge in [-0.2, -0.15) is 0 Å². The molecular weight excluding hydrogens is 428 g/mol. The number of rotatable bonds is 6. The lowest BCUT2D eigenvalue weighted by Crippen LogP contribution is -2.14. The Morgan fingerprint density at radius 2 is 1.62 bits per heavy atom. The Hall–Kier alpha value is -4.52. The van der Waals surface area contributed by atoms with Crippen molar-refractivity contribution in [2.45, 2.75) is 20.5 Å². The average Bonchev–Trinajstić information content (AvgIpc) is 3.20. The summed E-state index contributed by atoms with van der Waals surface area (Å²) in [6, 6.07) is 21.2. The fourth-order valence-electron chi connectivity index (χ4n) is 3.70. The van der Waals surface area contributed by atoms with Crippen molar-refractivity contribution in [3.8, 4) is 17.1 Å². The van der Waals surface area contributed by atoms with Crippen LogP contribution in [0.3, 0.4) is 0 Å². The van der Waals surface area contributed by atoms with Crippen LogP contribution in [0.4, 0.5) is 5.69 Å². The van der Waals surface area contributed by atoms with E-state index >= 15 is 0 Å². The van der Waals surface area contributed by atoms with Gasteiger partial charge in [0.2, 0.25) is 0 Å². The lowest BCUT2D eigenvalue weighted by Gasteiger charge is -2.13. The first-order chi connectivity index (χ1) is 16.6. The first-order valence-corrected chi connectivity index (χ1v) is 10.8. The second-order valence-corrected chi connectivity index (χ2v) is 7.90. The van der Waals surface area contributed by atoms with Gasteiger partial charge in [-0.25, -0.2) is 9.97 Å². The van der Waals surface area contributed by atoms with Crippen molar-refractivity contribution in [1.82, 2.24) is 15.1 Å². The minimum Gasteiger partial charge on any atom is -0.488 e. The molecule has 7 nitrogen and oxygen atoms in total. The van der Waals surface area contributed by atoms with Gasteiger partial charge in [-0.05, 0) is 36.8 Å². The van der Waals surface area contributed by atoms with Gasteiger partial charge in [0, 0.05) is 5.56 Å². The Labute approximate surface area is 196 Å². The molecule has 0 saturated heterocycles. The number of aromatic nitrogens is 3. The number of benzene rings is 3. The molecule has 0 unspecified atom stereocenters. The van der Waals surface area contributed by atoms with Crippen LogP contribution in [0.15, 0.2) is 83.6 Å². The summed E-state index contributed by atoms with van der Waals surface area (Å²) in [6.07, 6.45) is 3.19. The molecule has 0 bridgehead atoms. The second kappa shape index (κ2) is 9.15. The third kappa shape index (κ3) is 4.36. The maximum Gasteiger partial charge on any atom is 0.259 e. The Morgan fingerprint density at radius 1 is 0.941 bits per heavy atom. The predicted molar refractivity (Wildman–Crippen MR) is 130 cm³/mol. The van der Waals surface area contributed by atoms with Crippen LogP contribution in [-0.4, -0.2) is 21.0 Å². The van der Waals surface area contributed by atoms with Gasteiger partial charge in [0.25, 0.3) is 5.91 Å². The van der Waals surface area contributed by atoms with Crippen LogP contribution in [-0.2, 0) is 6.61 Å². The van der Waals surface area contributed by atoms with E-state index in [9.17, 15) is 4.79 Å². The lowest BCUT2D eigenvalue weighted by molar-refractivity contribution is 0.102. The molecule has 0 aliphatic rings. The van der Waals surface area contributed by atoms with Gasteiger partial charge in [-0.1, -0.05) is 59.8 Å². The number of nitrogens with one attached hydrogen (secondary N) is 1. The summed E-state index contributed by atoms with van der Waals surface area (Å²) >= 11 is 0. The van der Waals surface area contributed by atoms with Crippen LogP contribution in [0.5, 0.6) is 5.75 Å². The van der Waals surface area contributed by atoms with Crippen molar-refractivity contribution in [2.24, 2.45) is 0 Å². The molecule has 5 rings (SSSR count). The van der Waals surface area contributed by atoms with Crippen molar-refractivity contribution in [3.63, 3.8) is 0 Å². The maximum absolute atomic E-state index is 13.3. The highest BCUT2D eigenvalue weighted by Crippen LogP contribution is 2.28. The molecule has 5 aromatic rings. The highest BCUT2D eigenvalue weighted by molar-refractivity contribution is 6.08. The van der Waals surface area contributed by atoms with Gasteiger partial charge in [0.1, 0.15) is 18.1 Å². The first-order valence-electron chi connectivity index (χ1n) is 10.8. The lowest BCUT2D eigenvalue weighted by atomic mass is 10.1. The molecule has 0 radical (unpaired) electrons. The van der Waals surface area contributed by atoms with Crippen molar-refractivity contribution in [1.29, 1.82) is 0 Å². The molecule has 1 amide bonds. The summed E-state index contributed by atoms with van der Waals surface area (Å²) in [5.74, 6) is 1.45. The zero-order chi connectivity index (χ0) is 23.5. The summed E-state index contributed by atoms with van der Waals surface area (Å²) in [6.45, 7) is 3.95. The van der Waals surface area contributed by atoms with E-state index in [0.717, 1.165) is 27.6 Å². The number of nitrogens with zero attached hydrogens (tertiary/aromatic N) is 3. The number of aryl methyl sites for hydroxylation is 2. The van der Waals surface area contributed by atoms with Crippen LogP contribution in [0.2, 0.25) is 0 Å². The first kappa shape index (κ1) is 21.3. The number of hydrogen-bond donors (Lipinski definition) is 1. The molecule has 2 aromatic heterocycles. The largest absolute Gasteiger partial charge is 0.488 e. The molecule has 0 atom stereocenters. The topological polar surface area (TPSA) is 90.1 Å². The molecule has 0 aliphatic carbocycles. The number of ether oxygens (including phenoxy) is 1. The molecule has 0 aliphatic heterocycles. The van der Waals surface area contributed by atoms with Gasteiger partial charge in [0.15, 0.2) is 5.82 Å². The summed E-state index contributed by atoms with van der Waals surface area (Å²) in [7, 11) is 0. The zero-order valence-corrected chi connectivity index (χ0v) is 18.8. The molecule has 168 valence electrons. The average molecular weight is 450 g/mol. The zero-order valence-electron chi connectivity index (χ0n) is 18.8. The van der Waals surface area contributed by atoms with Gasteiger partial charge >= 0.3 is 0 Å². The van der Waals surface area contributed by atoms with E-state index in [1.807, 2.05) is 80.6 Å². The van der Waals surface area contributed by atoms with Crippen LogP contribution >= 0.6 is 0 Å². The van der Waals surface area contributed by atoms with Crippen molar-refractivity contribution in [2.75, 3.05) is 5.32 Å². The van der Waals surface area contributed by atoms with Gasteiger partial charge < -0.3 is 14.6 Å². The van der Waals surface area contributed by atoms with E-state index in [2.05, 4.69) is 20.4 Å². The van der Waals surface area contributed by atoms with Crippen molar-refractivity contribution in [3.05, 3.63) is 102 Å². The van der Waals surface area contributed by atoms with E-state index in [4.69, 9.17) is 9.26 Å². The quantitative estimate of drug-likeness (QED) is 0.355. The SMILES string of the molecule is Cc1noc(C)c1COc1cc2ccccc2cc1C(=O)Nc1cnc(-c2ccccc2)nc1.